The SMILES string of the molecule is Cc1ccc(Cl)cc1NC(=O)N1CCC[C@](C)(C(=O)NCc2ccc(F)cc2)C1. The van der Waals surface area contributed by atoms with Crippen LogP contribution in [-0.2, 0) is 11.3 Å². The lowest BCUT2D eigenvalue weighted by Gasteiger charge is -2.39. The maximum absolute atomic E-state index is 13.0. The number of rotatable bonds is 4. The lowest BCUT2D eigenvalue weighted by atomic mass is 9.81. The minimum atomic E-state index is -0.682. The van der Waals surface area contributed by atoms with Gasteiger partial charge < -0.3 is 15.5 Å². The van der Waals surface area contributed by atoms with Gasteiger partial charge in [-0.25, -0.2) is 9.18 Å². The summed E-state index contributed by atoms with van der Waals surface area (Å²) in [5, 5.41) is 6.36. The van der Waals surface area contributed by atoms with Crippen LogP contribution < -0.4 is 10.6 Å². The van der Waals surface area contributed by atoms with Crippen LogP contribution in [0.25, 0.3) is 0 Å². The topological polar surface area (TPSA) is 61.4 Å². The van der Waals surface area contributed by atoms with Gasteiger partial charge in [0, 0.05) is 30.3 Å². The van der Waals surface area contributed by atoms with E-state index in [0.717, 1.165) is 17.5 Å². The quantitative estimate of drug-likeness (QED) is 0.754. The van der Waals surface area contributed by atoms with Gasteiger partial charge in [0.2, 0.25) is 5.91 Å². The Morgan fingerprint density at radius 1 is 1.21 bits per heavy atom. The number of aryl methyl sites for hydroxylation is 1. The van der Waals surface area contributed by atoms with Gasteiger partial charge >= 0.3 is 6.03 Å². The summed E-state index contributed by atoms with van der Waals surface area (Å²) in [6.45, 7) is 5.01. The van der Waals surface area contributed by atoms with Crippen molar-refractivity contribution in [3.05, 3.63) is 64.4 Å². The van der Waals surface area contributed by atoms with E-state index in [1.54, 1.807) is 29.2 Å². The van der Waals surface area contributed by atoms with Gasteiger partial charge in [-0.2, -0.15) is 0 Å². The van der Waals surface area contributed by atoms with Gasteiger partial charge in [-0.15, -0.1) is 0 Å². The van der Waals surface area contributed by atoms with Crippen LogP contribution in [0.2, 0.25) is 5.02 Å². The number of carbonyl (C=O) groups is 2. The number of nitrogens with one attached hydrogen (secondary N) is 2. The van der Waals surface area contributed by atoms with E-state index in [0.29, 0.717) is 36.8 Å². The summed E-state index contributed by atoms with van der Waals surface area (Å²) in [7, 11) is 0. The molecule has 0 unspecified atom stereocenters. The fourth-order valence-electron chi connectivity index (χ4n) is 3.52. The standard InChI is InChI=1S/C22H25ClFN3O2/c1-15-4-7-17(23)12-19(15)26-21(29)27-11-3-10-22(2,14-27)20(28)25-13-16-5-8-18(24)9-6-16/h4-9,12H,3,10-11,13-14H2,1-2H3,(H,25,28)(H,26,29)/t22-/m0/s1. The molecule has 0 spiro atoms. The molecule has 0 saturated carbocycles. The molecule has 1 atom stereocenters. The third-order valence-corrected chi connectivity index (χ3v) is 5.57. The average molecular weight is 418 g/mol. The van der Waals surface area contributed by atoms with Crippen LogP contribution in [0.4, 0.5) is 14.9 Å². The molecule has 0 aliphatic carbocycles. The van der Waals surface area contributed by atoms with Crippen LogP contribution in [0.15, 0.2) is 42.5 Å². The van der Waals surface area contributed by atoms with Gasteiger partial charge in [0.15, 0.2) is 0 Å². The molecule has 5 nitrogen and oxygen atoms in total. The molecule has 2 aromatic rings. The number of urea groups is 1. The lowest BCUT2D eigenvalue weighted by Crippen LogP contribution is -2.52. The van der Waals surface area contributed by atoms with E-state index in [2.05, 4.69) is 10.6 Å². The Bertz CT molecular complexity index is 903. The van der Waals surface area contributed by atoms with Crippen LogP contribution in [0.3, 0.4) is 0 Å². The Labute approximate surface area is 175 Å². The predicted octanol–water partition coefficient (Wildman–Crippen LogP) is 4.74. The molecular weight excluding hydrogens is 393 g/mol. The zero-order valence-electron chi connectivity index (χ0n) is 16.6. The smallest absolute Gasteiger partial charge is 0.321 e. The van der Waals surface area contributed by atoms with E-state index < -0.39 is 5.41 Å². The number of halogens is 2. The van der Waals surface area contributed by atoms with Crippen molar-refractivity contribution in [3.63, 3.8) is 0 Å². The van der Waals surface area contributed by atoms with E-state index in [-0.39, 0.29) is 17.8 Å². The first-order valence-corrected chi connectivity index (χ1v) is 9.99. The minimum absolute atomic E-state index is 0.113. The second-order valence-electron chi connectivity index (χ2n) is 7.78. The molecule has 1 aliphatic rings. The number of hydrogen-bond donors (Lipinski definition) is 2. The molecule has 7 heteroatoms. The van der Waals surface area contributed by atoms with Crippen molar-refractivity contribution < 1.29 is 14.0 Å². The molecule has 0 bridgehead atoms. The fraction of sp³-hybridized carbons (Fsp3) is 0.364. The molecule has 2 N–H and O–H groups in total. The van der Waals surface area contributed by atoms with Crippen molar-refractivity contribution in [2.75, 3.05) is 18.4 Å². The first-order chi connectivity index (χ1) is 13.8. The van der Waals surface area contributed by atoms with Crippen LogP contribution in [-0.4, -0.2) is 29.9 Å². The number of amides is 3. The summed E-state index contributed by atoms with van der Waals surface area (Å²) in [6.07, 6.45) is 1.44. The van der Waals surface area contributed by atoms with E-state index in [4.69, 9.17) is 11.6 Å². The molecule has 1 aliphatic heterocycles. The third-order valence-electron chi connectivity index (χ3n) is 5.34. The monoisotopic (exact) mass is 417 g/mol. The van der Waals surface area contributed by atoms with Crippen LogP contribution in [0, 0.1) is 18.2 Å². The first-order valence-electron chi connectivity index (χ1n) is 9.62. The van der Waals surface area contributed by atoms with E-state index in [9.17, 15) is 14.0 Å². The van der Waals surface area contributed by atoms with Crippen LogP contribution >= 0.6 is 11.6 Å². The summed E-state index contributed by atoms with van der Waals surface area (Å²) in [5.74, 6) is -0.422. The number of nitrogens with zero attached hydrogens (tertiary/aromatic N) is 1. The average Bonchev–Trinajstić information content (AvgIpc) is 2.70. The summed E-state index contributed by atoms with van der Waals surface area (Å²) < 4.78 is 13.0. The highest BCUT2D eigenvalue weighted by Gasteiger charge is 2.39. The Balaban J connectivity index is 1.61. The second-order valence-corrected chi connectivity index (χ2v) is 8.22. The summed E-state index contributed by atoms with van der Waals surface area (Å²) in [6, 6.07) is 11.1. The maximum atomic E-state index is 13.0. The summed E-state index contributed by atoms with van der Waals surface area (Å²) in [5.41, 5.74) is 1.72. The van der Waals surface area contributed by atoms with E-state index in [1.807, 2.05) is 19.9 Å². The van der Waals surface area contributed by atoms with Gasteiger partial charge in [0.1, 0.15) is 5.82 Å². The number of likely N-dealkylation sites (tertiary alicyclic amines) is 1. The highest BCUT2D eigenvalue weighted by molar-refractivity contribution is 6.31. The third kappa shape index (κ3) is 5.26. The van der Waals surface area contributed by atoms with Crippen molar-refractivity contribution in [3.8, 4) is 0 Å². The van der Waals surface area contributed by atoms with Crippen LogP contribution in [0.5, 0.6) is 0 Å². The van der Waals surface area contributed by atoms with Crippen LogP contribution in [0.1, 0.15) is 30.9 Å². The summed E-state index contributed by atoms with van der Waals surface area (Å²) >= 11 is 6.03. The molecule has 0 radical (unpaired) electrons. The van der Waals surface area contributed by atoms with Crippen molar-refractivity contribution in [1.29, 1.82) is 0 Å². The lowest BCUT2D eigenvalue weighted by molar-refractivity contribution is -0.132. The Morgan fingerprint density at radius 2 is 1.93 bits per heavy atom. The Kier molecular flexibility index (Phi) is 6.42. The molecule has 3 amide bonds. The molecule has 3 rings (SSSR count). The van der Waals surface area contributed by atoms with Gasteiger partial charge in [-0.05, 0) is 62.1 Å². The molecule has 1 heterocycles. The fourth-order valence-corrected chi connectivity index (χ4v) is 3.69. The number of piperidine rings is 1. The zero-order valence-corrected chi connectivity index (χ0v) is 17.4. The highest BCUT2D eigenvalue weighted by Crippen LogP contribution is 2.30. The zero-order chi connectivity index (χ0) is 21.0. The van der Waals surface area contributed by atoms with E-state index >= 15 is 0 Å². The molecule has 1 fully saturated rings. The van der Waals surface area contributed by atoms with Crippen molar-refractivity contribution in [2.45, 2.75) is 33.2 Å². The Morgan fingerprint density at radius 3 is 2.66 bits per heavy atom. The maximum Gasteiger partial charge on any atom is 0.321 e. The molecule has 0 aromatic heterocycles. The van der Waals surface area contributed by atoms with Crippen molar-refractivity contribution in [1.82, 2.24) is 10.2 Å². The predicted molar refractivity (Wildman–Crippen MR) is 112 cm³/mol. The number of carbonyl (C=O) groups excluding carboxylic acids is 2. The largest absolute Gasteiger partial charge is 0.351 e. The normalized spacial score (nSPS) is 19.0. The minimum Gasteiger partial charge on any atom is -0.351 e. The van der Waals surface area contributed by atoms with Gasteiger partial charge in [0.25, 0.3) is 0 Å². The van der Waals surface area contributed by atoms with Crippen molar-refractivity contribution in [2.24, 2.45) is 5.41 Å². The van der Waals surface area contributed by atoms with E-state index in [1.165, 1.54) is 12.1 Å². The highest BCUT2D eigenvalue weighted by atomic mass is 35.5. The van der Waals surface area contributed by atoms with Gasteiger partial charge in [-0.1, -0.05) is 29.8 Å². The molecule has 1 saturated heterocycles. The first kappa shape index (κ1) is 21.1. The molecule has 2 aromatic carbocycles. The number of anilines is 1. The summed E-state index contributed by atoms with van der Waals surface area (Å²) in [4.78, 5) is 27.2. The second kappa shape index (κ2) is 8.82. The van der Waals surface area contributed by atoms with Gasteiger partial charge in [0.05, 0.1) is 5.41 Å². The van der Waals surface area contributed by atoms with Crippen molar-refractivity contribution >= 4 is 29.2 Å². The molecule has 29 heavy (non-hydrogen) atoms. The Hall–Kier alpha value is -2.60. The number of hydrogen-bond acceptors (Lipinski definition) is 2. The molecular formula is C22H25ClFN3O2. The number of benzene rings is 2. The van der Waals surface area contributed by atoms with Gasteiger partial charge in [-0.3, -0.25) is 4.79 Å². The molecule has 154 valence electrons.